The predicted octanol–water partition coefficient (Wildman–Crippen LogP) is 4.86. The number of imidazole rings is 1. The number of aromatic nitrogens is 2. The molecule has 0 spiro atoms. The minimum atomic E-state index is -2.69. The van der Waals surface area contributed by atoms with Crippen LogP contribution >= 0.6 is 23.2 Å². The normalized spacial score (nSPS) is 18.1. The summed E-state index contributed by atoms with van der Waals surface area (Å²) in [7, 11) is 0. The van der Waals surface area contributed by atoms with Crippen LogP contribution in [-0.4, -0.2) is 49.5 Å². The number of benzene rings is 2. The SMILES string of the molecule is O=S([O-])c1ccc([C@@H](CCO)c2nc3c(Cl)c(N4CCC(F)(F)CC4)c(Cl)cc3[nH]2)cc1. The van der Waals surface area contributed by atoms with E-state index in [-0.39, 0.29) is 48.4 Å². The van der Waals surface area contributed by atoms with E-state index in [1.807, 2.05) is 0 Å². The van der Waals surface area contributed by atoms with Crippen LogP contribution in [0.2, 0.25) is 10.0 Å². The molecule has 0 aliphatic carbocycles. The molecule has 1 saturated heterocycles. The van der Waals surface area contributed by atoms with Crippen LogP contribution in [0, 0.1) is 0 Å². The summed E-state index contributed by atoms with van der Waals surface area (Å²) in [5.74, 6) is -2.50. The summed E-state index contributed by atoms with van der Waals surface area (Å²) in [5, 5.41) is 10.2. The minimum absolute atomic E-state index is 0.112. The second-order valence-corrected chi connectivity index (χ2v) is 9.48. The number of anilines is 1. The molecule has 0 radical (unpaired) electrons. The molecule has 1 aromatic heterocycles. The number of hydrogen-bond acceptors (Lipinski definition) is 5. The van der Waals surface area contributed by atoms with Gasteiger partial charge in [-0.3, -0.25) is 4.21 Å². The molecule has 0 saturated carbocycles. The van der Waals surface area contributed by atoms with Gasteiger partial charge in [0.2, 0.25) is 0 Å². The van der Waals surface area contributed by atoms with Gasteiger partial charge in [-0.2, -0.15) is 0 Å². The van der Waals surface area contributed by atoms with Gasteiger partial charge in [0, 0.05) is 43.4 Å². The summed E-state index contributed by atoms with van der Waals surface area (Å²) < 4.78 is 49.4. The molecule has 2 atom stereocenters. The van der Waals surface area contributed by atoms with Crippen LogP contribution in [-0.2, 0) is 11.1 Å². The first-order valence-electron chi connectivity index (χ1n) is 10.0. The fourth-order valence-corrected chi connectivity index (χ4v) is 5.10. The Kier molecular flexibility index (Phi) is 6.74. The maximum Gasteiger partial charge on any atom is 0.251 e. The van der Waals surface area contributed by atoms with Gasteiger partial charge in [0.1, 0.15) is 11.3 Å². The van der Waals surface area contributed by atoms with Crippen LogP contribution in [0.5, 0.6) is 0 Å². The van der Waals surface area contributed by atoms with Crippen LogP contribution < -0.4 is 4.90 Å². The molecule has 6 nitrogen and oxygen atoms in total. The number of aromatic amines is 1. The minimum Gasteiger partial charge on any atom is -0.768 e. The van der Waals surface area contributed by atoms with Crippen LogP contribution in [0.25, 0.3) is 11.0 Å². The third-order valence-electron chi connectivity index (χ3n) is 5.70. The first kappa shape index (κ1) is 23.4. The van der Waals surface area contributed by atoms with Gasteiger partial charge in [-0.05, 0) is 41.3 Å². The van der Waals surface area contributed by atoms with E-state index in [1.165, 1.54) is 12.1 Å². The average molecular weight is 503 g/mol. The molecule has 2 aromatic carbocycles. The lowest BCUT2D eigenvalue weighted by Crippen LogP contribution is -2.39. The Morgan fingerprint density at radius 2 is 1.91 bits per heavy atom. The Labute approximate surface area is 195 Å². The van der Waals surface area contributed by atoms with E-state index in [9.17, 15) is 22.6 Å². The number of halogens is 4. The Hall–Kier alpha value is -1.78. The molecule has 32 heavy (non-hydrogen) atoms. The average Bonchev–Trinajstić information content (AvgIpc) is 3.17. The zero-order valence-corrected chi connectivity index (χ0v) is 19.1. The van der Waals surface area contributed by atoms with Gasteiger partial charge in [0.15, 0.2) is 0 Å². The number of nitrogens with one attached hydrogen (secondary N) is 1. The van der Waals surface area contributed by atoms with Gasteiger partial charge >= 0.3 is 0 Å². The Bertz CT molecular complexity index is 1150. The first-order chi connectivity index (χ1) is 15.2. The number of alkyl halides is 2. The number of aliphatic hydroxyl groups excluding tert-OH is 1. The molecular formula is C21H20Cl2F2N3O3S-. The van der Waals surface area contributed by atoms with Crippen molar-refractivity contribution in [2.45, 2.75) is 36.0 Å². The Morgan fingerprint density at radius 3 is 2.50 bits per heavy atom. The number of piperidine rings is 1. The molecule has 3 aromatic rings. The van der Waals surface area contributed by atoms with Crippen molar-refractivity contribution in [1.29, 1.82) is 0 Å². The van der Waals surface area contributed by atoms with E-state index in [0.29, 0.717) is 34.0 Å². The summed E-state index contributed by atoms with van der Waals surface area (Å²) >= 11 is 10.8. The number of aliphatic hydroxyl groups is 1. The number of fused-ring (bicyclic) bond motifs is 1. The molecule has 0 bridgehead atoms. The highest BCUT2D eigenvalue weighted by molar-refractivity contribution is 7.79. The molecule has 2 heterocycles. The largest absolute Gasteiger partial charge is 0.768 e. The molecule has 172 valence electrons. The third kappa shape index (κ3) is 4.63. The van der Waals surface area contributed by atoms with Crippen molar-refractivity contribution in [2.75, 3.05) is 24.6 Å². The van der Waals surface area contributed by atoms with Crippen molar-refractivity contribution in [3.05, 3.63) is 51.8 Å². The van der Waals surface area contributed by atoms with Crippen LogP contribution in [0.3, 0.4) is 0 Å². The van der Waals surface area contributed by atoms with Crippen molar-refractivity contribution >= 4 is 51.0 Å². The van der Waals surface area contributed by atoms with Crippen LogP contribution in [0.1, 0.15) is 36.6 Å². The molecule has 1 unspecified atom stereocenters. The van der Waals surface area contributed by atoms with Crippen molar-refractivity contribution in [1.82, 2.24) is 9.97 Å². The van der Waals surface area contributed by atoms with E-state index in [0.717, 1.165) is 5.56 Å². The lowest BCUT2D eigenvalue weighted by Gasteiger charge is -2.34. The maximum absolute atomic E-state index is 13.6. The summed E-state index contributed by atoms with van der Waals surface area (Å²) in [6.45, 7) is 0.157. The van der Waals surface area contributed by atoms with Gasteiger partial charge in [-0.25, -0.2) is 13.8 Å². The van der Waals surface area contributed by atoms with Gasteiger partial charge in [0.25, 0.3) is 5.92 Å². The highest BCUT2D eigenvalue weighted by Crippen LogP contribution is 2.42. The number of H-pyrrole nitrogens is 1. The molecule has 11 heteroatoms. The van der Waals surface area contributed by atoms with Crippen molar-refractivity contribution in [2.24, 2.45) is 0 Å². The third-order valence-corrected chi connectivity index (χ3v) is 7.00. The van der Waals surface area contributed by atoms with E-state index >= 15 is 0 Å². The lowest BCUT2D eigenvalue weighted by molar-refractivity contribution is -0.0220. The summed E-state index contributed by atoms with van der Waals surface area (Å²) in [5.41, 5.74) is 2.29. The number of nitrogens with zero attached hydrogens (tertiary/aromatic N) is 2. The van der Waals surface area contributed by atoms with Crippen LogP contribution in [0.15, 0.2) is 35.2 Å². The Morgan fingerprint density at radius 1 is 1.25 bits per heavy atom. The van der Waals surface area contributed by atoms with E-state index in [2.05, 4.69) is 9.97 Å². The van der Waals surface area contributed by atoms with Gasteiger partial charge < -0.3 is 19.5 Å². The fraction of sp³-hybridized carbons (Fsp3) is 0.381. The molecule has 0 amide bonds. The summed E-state index contributed by atoms with van der Waals surface area (Å²) in [4.78, 5) is 9.74. The molecule has 1 aliphatic heterocycles. The molecule has 2 N–H and O–H groups in total. The monoisotopic (exact) mass is 502 g/mol. The summed E-state index contributed by atoms with van der Waals surface area (Å²) in [6, 6.07) is 7.99. The van der Waals surface area contributed by atoms with Crippen molar-refractivity contribution in [3.8, 4) is 0 Å². The van der Waals surface area contributed by atoms with Gasteiger partial charge in [0.05, 0.1) is 21.2 Å². The quantitative estimate of drug-likeness (QED) is 0.469. The van der Waals surface area contributed by atoms with E-state index < -0.39 is 17.0 Å². The zero-order chi connectivity index (χ0) is 23.0. The second kappa shape index (κ2) is 9.23. The predicted molar refractivity (Wildman–Crippen MR) is 120 cm³/mol. The molecular weight excluding hydrogens is 483 g/mol. The maximum atomic E-state index is 13.6. The number of hydrogen-bond donors (Lipinski definition) is 2. The highest BCUT2D eigenvalue weighted by Gasteiger charge is 2.35. The van der Waals surface area contributed by atoms with Crippen molar-refractivity contribution in [3.63, 3.8) is 0 Å². The lowest BCUT2D eigenvalue weighted by atomic mass is 9.95. The number of rotatable bonds is 6. The molecule has 1 fully saturated rings. The smallest absolute Gasteiger partial charge is 0.251 e. The summed E-state index contributed by atoms with van der Waals surface area (Å²) in [6.07, 6.45) is -0.197. The first-order valence-corrected chi connectivity index (χ1v) is 11.8. The van der Waals surface area contributed by atoms with Crippen LogP contribution in [0.4, 0.5) is 14.5 Å². The van der Waals surface area contributed by atoms with Gasteiger partial charge in [-0.15, -0.1) is 0 Å². The van der Waals surface area contributed by atoms with Gasteiger partial charge in [-0.1, -0.05) is 35.3 Å². The van der Waals surface area contributed by atoms with E-state index in [1.54, 1.807) is 23.1 Å². The second-order valence-electron chi connectivity index (χ2n) is 7.75. The Balaban J connectivity index is 1.71. The molecule has 1 aliphatic rings. The molecule has 4 rings (SSSR count). The fourth-order valence-electron chi connectivity index (χ4n) is 4.00. The van der Waals surface area contributed by atoms with Crippen molar-refractivity contribution < 1.29 is 22.6 Å². The standard InChI is InChI=1S/C21H21Cl2F2N3O3S/c22-15-11-16-18(17(23)19(15)28-8-6-21(24,25)7-9-28)27-20(26-16)14(5-10-29)12-1-3-13(4-2-12)32(30)31/h1-4,11,14,29H,5-10H2,(H,26,27)(H,30,31)/p-1/t14-/m1/s1. The highest BCUT2D eigenvalue weighted by atomic mass is 35.5. The zero-order valence-electron chi connectivity index (χ0n) is 16.8. The van der Waals surface area contributed by atoms with E-state index in [4.69, 9.17) is 23.2 Å². The topological polar surface area (TPSA) is 92.3 Å².